The van der Waals surface area contributed by atoms with E-state index >= 15 is 0 Å². The monoisotopic (exact) mass is 509 g/mol. The molecule has 0 aromatic heterocycles. The zero-order chi connectivity index (χ0) is 21.1. The molecule has 1 atom stereocenters. The highest BCUT2D eigenvalue weighted by Crippen LogP contribution is 2.28. The van der Waals surface area contributed by atoms with Gasteiger partial charge in [0.25, 0.3) is 5.91 Å². The first-order valence-electron chi connectivity index (χ1n) is 9.09. The second-order valence-corrected chi connectivity index (χ2v) is 6.78. The Bertz CT molecular complexity index is 858. The largest absolute Gasteiger partial charge is 0.493 e. The van der Waals surface area contributed by atoms with Gasteiger partial charge in [0, 0.05) is 10.8 Å². The molecular formula is C22H24INO5. The average molecular weight is 509 g/mol. The molecule has 2 aromatic rings. The number of carbonyl (C=O) groups excluding carboxylic acids is 1. The summed E-state index contributed by atoms with van der Waals surface area (Å²) in [6.07, 6.45) is -0.520. The quantitative estimate of drug-likeness (QED) is 0.233. The second kappa shape index (κ2) is 12.3. The van der Waals surface area contributed by atoms with Crippen molar-refractivity contribution in [2.75, 3.05) is 13.7 Å². The van der Waals surface area contributed by atoms with E-state index in [0.29, 0.717) is 17.1 Å². The molecule has 0 saturated heterocycles. The van der Waals surface area contributed by atoms with Crippen LogP contribution < -0.4 is 15.0 Å². The Morgan fingerprint density at radius 3 is 2.52 bits per heavy atom. The smallest absolute Gasteiger partial charge is 0.276 e. The first kappa shape index (κ1) is 23.0. The van der Waals surface area contributed by atoms with Gasteiger partial charge in [0.2, 0.25) is 0 Å². The third-order valence-electron chi connectivity index (χ3n) is 3.94. The van der Waals surface area contributed by atoms with Gasteiger partial charge >= 0.3 is 0 Å². The summed E-state index contributed by atoms with van der Waals surface area (Å²) in [6.45, 7) is 2.37. The lowest BCUT2D eigenvalue weighted by Crippen LogP contribution is -2.29. The second-order valence-electron chi connectivity index (χ2n) is 6.01. The average Bonchev–Trinajstić information content (AvgIpc) is 2.76. The maximum Gasteiger partial charge on any atom is 0.276 e. The normalized spacial score (nSPS) is 11.2. The SMILES string of the molecule is CCC#CCOc1ccc(CONC(=O)C(O)c2ccc(CI)cc2)cc1OC. The molecule has 2 rings (SSSR count). The lowest BCUT2D eigenvalue weighted by atomic mass is 10.1. The molecule has 0 fully saturated rings. The van der Waals surface area contributed by atoms with Crippen LogP contribution in [-0.4, -0.2) is 24.7 Å². The number of alkyl halides is 1. The third kappa shape index (κ3) is 7.24. The molecule has 0 saturated carbocycles. The summed E-state index contributed by atoms with van der Waals surface area (Å²) in [5.41, 5.74) is 4.68. The van der Waals surface area contributed by atoms with Gasteiger partial charge in [-0.1, -0.05) is 65.8 Å². The standard InChI is InChI=1S/C22H24INO5/c1-3-4-5-12-28-19-11-8-17(13-20(19)27-2)15-29-24-22(26)21(25)18-9-6-16(14-23)7-10-18/h6-11,13,21,25H,3,12,14-15H2,1-2H3,(H,24,26). The van der Waals surface area contributed by atoms with Crippen molar-refractivity contribution < 1.29 is 24.2 Å². The van der Waals surface area contributed by atoms with Gasteiger partial charge in [0.1, 0.15) is 6.61 Å². The van der Waals surface area contributed by atoms with Crippen LogP contribution in [0.4, 0.5) is 0 Å². The van der Waals surface area contributed by atoms with E-state index in [1.54, 1.807) is 37.4 Å². The molecule has 0 heterocycles. The van der Waals surface area contributed by atoms with Gasteiger partial charge in [-0.2, -0.15) is 0 Å². The topological polar surface area (TPSA) is 77.0 Å². The van der Waals surface area contributed by atoms with Crippen LogP contribution in [0.2, 0.25) is 0 Å². The number of benzene rings is 2. The lowest BCUT2D eigenvalue weighted by Gasteiger charge is -2.13. The van der Waals surface area contributed by atoms with Crippen LogP contribution in [0, 0.1) is 11.8 Å². The number of hydrogen-bond donors (Lipinski definition) is 2. The Balaban J connectivity index is 1.87. The highest BCUT2D eigenvalue weighted by Gasteiger charge is 2.17. The van der Waals surface area contributed by atoms with Gasteiger partial charge in [0.05, 0.1) is 13.7 Å². The summed E-state index contributed by atoms with van der Waals surface area (Å²) < 4.78 is 11.8. The molecule has 0 radical (unpaired) electrons. The minimum Gasteiger partial charge on any atom is -0.493 e. The van der Waals surface area contributed by atoms with E-state index in [9.17, 15) is 9.90 Å². The molecule has 0 aliphatic heterocycles. The number of aliphatic hydroxyl groups excluding tert-OH is 1. The van der Waals surface area contributed by atoms with Crippen molar-refractivity contribution in [3.05, 3.63) is 59.2 Å². The first-order valence-corrected chi connectivity index (χ1v) is 10.6. The number of rotatable bonds is 9. The summed E-state index contributed by atoms with van der Waals surface area (Å²) in [6, 6.07) is 12.5. The van der Waals surface area contributed by atoms with E-state index in [0.717, 1.165) is 22.0 Å². The summed E-state index contributed by atoms with van der Waals surface area (Å²) in [7, 11) is 1.55. The molecule has 6 nitrogen and oxygen atoms in total. The van der Waals surface area contributed by atoms with Crippen LogP contribution in [0.15, 0.2) is 42.5 Å². The van der Waals surface area contributed by atoms with E-state index in [4.69, 9.17) is 14.3 Å². The third-order valence-corrected chi connectivity index (χ3v) is 4.82. The van der Waals surface area contributed by atoms with Crippen molar-refractivity contribution in [3.8, 4) is 23.3 Å². The number of halogens is 1. The highest BCUT2D eigenvalue weighted by molar-refractivity contribution is 14.1. The van der Waals surface area contributed by atoms with Crippen LogP contribution in [0.1, 0.15) is 36.1 Å². The van der Waals surface area contributed by atoms with Gasteiger partial charge in [-0.15, -0.1) is 5.92 Å². The minimum atomic E-state index is -1.30. The number of methoxy groups -OCH3 is 1. The zero-order valence-electron chi connectivity index (χ0n) is 16.4. The number of aliphatic hydroxyl groups is 1. The van der Waals surface area contributed by atoms with Crippen molar-refractivity contribution in [2.24, 2.45) is 0 Å². The number of hydroxylamine groups is 1. The lowest BCUT2D eigenvalue weighted by molar-refractivity contribution is -0.143. The van der Waals surface area contributed by atoms with E-state index in [1.807, 2.05) is 19.1 Å². The Hall–Kier alpha value is -2.28. The molecule has 0 aliphatic carbocycles. The molecule has 1 amide bonds. The summed E-state index contributed by atoms with van der Waals surface area (Å²) in [5, 5.41) is 10.1. The van der Waals surface area contributed by atoms with Gasteiger partial charge in [-0.3, -0.25) is 9.63 Å². The Morgan fingerprint density at radius 2 is 1.86 bits per heavy atom. The fraction of sp³-hybridized carbons (Fsp3) is 0.318. The number of carbonyl (C=O) groups is 1. The van der Waals surface area contributed by atoms with Crippen molar-refractivity contribution in [2.45, 2.75) is 30.5 Å². The van der Waals surface area contributed by atoms with E-state index in [1.165, 1.54) is 0 Å². The summed E-state index contributed by atoms with van der Waals surface area (Å²) in [5.74, 6) is 6.33. The molecule has 154 valence electrons. The highest BCUT2D eigenvalue weighted by atomic mass is 127. The maximum atomic E-state index is 12.1. The predicted octanol–water partition coefficient (Wildman–Crippen LogP) is 3.70. The Kier molecular flexibility index (Phi) is 9.77. The summed E-state index contributed by atoms with van der Waals surface area (Å²) >= 11 is 2.25. The van der Waals surface area contributed by atoms with Crippen LogP contribution in [-0.2, 0) is 20.7 Å². The van der Waals surface area contributed by atoms with Crippen molar-refractivity contribution >= 4 is 28.5 Å². The van der Waals surface area contributed by atoms with Gasteiger partial charge < -0.3 is 14.6 Å². The van der Waals surface area contributed by atoms with Crippen molar-refractivity contribution in [1.29, 1.82) is 0 Å². The van der Waals surface area contributed by atoms with Crippen LogP contribution in [0.3, 0.4) is 0 Å². The van der Waals surface area contributed by atoms with Crippen molar-refractivity contribution in [1.82, 2.24) is 5.48 Å². The Morgan fingerprint density at radius 1 is 1.14 bits per heavy atom. The zero-order valence-corrected chi connectivity index (χ0v) is 18.6. The number of nitrogens with one attached hydrogen (secondary N) is 1. The molecule has 0 aliphatic rings. The molecule has 1 unspecified atom stereocenters. The fourth-order valence-electron chi connectivity index (χ4n) is 2.40. The molecule has 2 N–H and O–H groups in total. The summed E-state index contributed by atoms with van der Waals surface area (Å²) in [4.78, 5) is 17.3. The minimum absolute atomic E-state index is 0.110. The predicted molar refractivity (Wildman–Crippen MR) is 119 cm³/mol. The van der Waals surface area contributed by atoms with E-state index in [-0.39, 0.29) is 13.2 Å². The number of hydrogen-bond acceptors (Lipinski definition) is 5. The molecule has 0 bridgehead atoms. The molecule has 29 heavy (non-hydrogen) atoms. The van der Waals surface area contributed by atoms with Crippen LogP contribution in [0.5, 0.6) is 11.5 Å². The van der Waals surface area contributed by atoms with Gasteiger partial charge in [-0.25, -0.2) is 5.48 Å². The molecule has 2 aromatic carbocycles. The van der Waals surface area contributed by atoms with Crippen LogP contribution in [0.25, 0.3) is 0 Å². The van der Waals surface area contributed by atoms with Gasteiger partial charge in [0.15, 0.2) is 17.6 Å². The number of amides is 1. The number of ether oxygens (including phenoxy) is 2. The molecule has 0 spiro atoms. The maximum absolute atomic E-state index is 12.1. The fourth-order valence-corrected chi connectivity index (χ4v) is 2.91. The first-order chi connectivity index (χ1) is 14.1. The van der Waals surface area contributed by atoms with Gasteiger partial charge in [-0.05, 0) is 28.8 Å². The Labute approximate surface area is 184 Å². The van der Waals surface area contributed by atoms with E-state index < -0.39 is 12.0 Å². The van der Waals surface area contributed by atoms with Crippen LogP contribution >= 0.6 is 22.6 Å². The molecular weight excluding hydrogens is 485 g/mol. The molecule has 7 heteroatoms. The van der Waals surface area contributed by atoms with E-state index in [2.05, 4.69) is 39.9 Å². The van der Waals surface area contributed by atoms with Crippen molar-refractivity contribution in [3.63, 3.8) is 0 Å².